The van der Waals surface area contributed by atoms with Crippen LogP contribution < -0.4 is 15.2 Å². The largest absolute Gasteiger partial charge is 0.497 e. The zero-order valence-corrected chi connectivity index (χ0v) is 11.1. The molecule has 100 valence electrons. The molecule has 1 saturated heterocycles. The van der Waals surface area contributed by atoms with Gasteiger partial charge in [0.15, 0.2) is 0 Å². The Morgan fingerprint density at radius 3 is 2.72 bits per heavy atom. The van der Waals surface area contributed by atoms with Crippen molar-refractivity contribution in [3.05, 3.63) is 23.8 Å². The number of rotatable bonds is 3. The van der Waals surface area contributed by atoms with Crippen molar-refractivity contribution in [2.45, 2.75) is 24.8 Å². The first-order valence-corrected chi connectivity index (χ1v) is 6.29. The highest BCUT2D eigenvalue weighted by Gasteiger charge is 2.31. The Hall–Kier alpha value is -1.26. The predicted octanol–water partition coefficient (Wildman–Crippen LogP) is 2.06. The quantitative estimate of drug-likeness (QED) is 0.893. The van der Waals surface area contributed by atoms with E-state index < -0.39 is 0 Å². The summed E-state index contributed by atoms with van der Waals surface area (Å²) >= 11 is 0. The highest BCUT2D eigenvalue weighted by molar-refractivity contribution is 5.44. The summed E-state index contributed by atoms with van der Waals surface area (Å²) in [6.45, 7) is 1.49. The van der Waals surface area contributed by atoms with E-state index in [0.29, 0.717) is 6.61 Å². The lowest BCUT2D eigenvalue weighted by molar-refractivity contribution is 0.139. The molecule has 1 atom stereocenters. The molecule has 18 heavy (non-hydrogen) atoms. The van der Waals surface area contributed by atoms with Crippen LogP contribution in [0, 0.1) is 0 Å². The van der Waals surface area contributed by atoms with Gasteiger partial charge >= 0.3 is 0 Å². The summed E-state index contributed by atoms with van der Waals surface area (Å²) in [4.78, 5) is 0. The Morgan fingerprint density at radius 1 is 1.17 bits per heavy atom. The molecule has 1 aliphatic heterocycles. The Bertz CT molecular complexity index is 398. The molecule has 1 heterocycles. The minimum Gasteiger partial charge on any atom is -0.497 e. The zero-order valence-electron chi connectivity index (χ0n) is 11.1. The van der Waals surface area contributed by atoms with E-state index in [-0.39, 0.29) is 5.54 Å². The third-order valence-corrected chi connectivity index (χ3v) is 3.55. The molecule has 0 bridgehead atoms. The van der Waals surface area contributed by atoms with E-state index in [9.17, 15) is 0 Å². The van der Waals surface area contributed by atoms with Crippen molar-refractivity contribution < 1.29 is 14.2 Å². The Morgan fingerprint density at radius 2 is 2.00 bits per heavy atom. The lowest BCUT2D eigenvalue weighted by atomic mass is 9.83. The monoisotopic (exact) mass is 251 g/mol. The lowest BCUT2D eigenvalue weighted by Crippen LogP contribution is -2.37. The molecule has 2 rings (SSSR count). The minimum absolute atomic E-state index is 0.367. The van der Waals surface area contributed by atoms with Crippen LogP contribution in [-0.4, -0.2) is 27.4 Å². The molecule has 0 aromatic heterocycles. The van der Waals surface area contributed by atoms with Crippen molar-refractivity contribution in [2.75, 3.05) is 27.4 Å². The second kappa shape index (κ2) is 5.59. The van der Waals surface area contributed by atoms with Crippen molar-refractivity contribution in [1.82, 2.24) is 0 Å². The van der Waals surface area contributed by atoms with Gasteiger partial charge in [0, 0.05) is 30.4 Å². The second-order valence-electron chi connectivity index (χ2n) is 4.69. The van der Waals surface area contributed by atoms with Crippen molar-refractivity contribution in [1.29, 1.82) is 0 Å². The van der Waals surface area contributed by atoms with E-state index in [0.717, 1.165) is 42.9 Å². The number of benzene rings is 1. The van der Waals surface area contributed by atoms with Crippen molar-refractivity contribution in [3.8, 4) is 11.5 Å². The SMILES string of the molecule is COc1ccc(C2(N)CCCOCC2)c(OC)c1. The average Bonchev–Trinajstić information content (AvgIpc) is 2.63. The summed E-state index contributed by atoms with van der Waals surface area (Å²) in [5.41, 5.74) is 7.22. The maximum Gasteiger partial charge on any atom is 0.127 e. The van der Waals surface area contributed by atoms with E-state index in [1.165, 1.54) is 0 Å². The van der Waals surface area contributed by atoms with Gasteiger partial charge in [0.25, 0.3) is 0 Å². The first-order valence-electron chi connectivity index (χ1n) is 6.29. The normalized spacial score (nSPS) is 24.4. The fourth-order valence-electron chi connectivity index (χ4n) is 2.45. The van der Waals surface area contributed by atoms with Gasteiger partial charge in [0.05, 0.1) is 14.2 Å². The van der Waals surface area contributed by atoms with Crippen LogP contribution in [0.15, 0.2) is 18.2 Å². The molecular weight excluding hydrogens is 230 g/mol. The Labute approximate surface area is 108 Å². The number of nitrogens with two attached hydrogens (primary N) is 1. The van der Waals surface area contributed by atoms with E-state index in [1.54, 1.807) is 14.2 Å². The van der Waals surface area contributed by atoms with Crippen LogP contribution in [0.25, 0.3) is 0 Å². The van der Waals surface area contributed by atoms with Gasteiger partial charge in [-0.15, -0.1) is 0 Å². The van der Waals surface area contributed by atoms with E-state index >= 15 is 0 Å². The van der Waals surface area contributed by atoms with Crippen LogP contribution in [0.2, 0.25) is 0 Å². The Balaban J connectivity index is 2.35. The predicted molar refractivity (Wildman–Crippen MR) is 70.1 cm³/mol. The van der Waals surface area contributed by atoms with Crippen molar-refractivity contribution in [2.24, 2.45) is 5.73 Å². The fourth-order valence-corrected chi connectivity index (χ4v) is 2.45. The number of hydrogen-bond donors (Lipinski definition) is 1. The third kappa shape index (κ3) is 2.60. The topological polar surface area (TPSA) is 53.7 Å². The first kappa shape index (κ1) is 13.2. The maximum absolute atomic E-state index is 6.55. The number of ether oxygens (including phenoxy) is 3. The molecule has 4 nitrogen and oxygen atoms in total. The van der Waals surface area contributed by atoms with Crippen LogP contribution in [-0.2, 0) is 10.3 Å². The van der Waals surface area contributed by atoms with Gasteiger partial charge < -0.3 is 19.9 Å². The van der Waals surface area contributed by atoms with Crippen molar-refractivity contribution in [3.63, 3.8) is 0 Å². The summed E-state index contributed by atoms with van der Waals surface area (Å²) < 4.78 is 16.1. The summed E-state index contributed by atoms with van der Waals surface area (Å²) in [6, 6.07) is 5.82. The summed E-state index contributed by atoms with van der Waals surface area (Å²) in [5.74, 6) is 1.57. The Kier molecular flexibility index (Phi) is 4.09. The van der Waals surface area contributed by atoms with Gasteiger partial charge in [-0.05, 0) is 31.4 Å². The second-order valence-corrected chi connectivity index (χ2v) is 4.69. The number of methoxy groups -OCH3 is 2. The summed E-state index contributed by atoms with van der Waals surface area (Å²) in [7, 11) is 3.31. The standard InChI is InChI=1S/C14H21NO3/c1-16-11-4-5-12(13(10-11)17-2)14(15)6-3-8-18-9-7-14/h4-5,10H,3,6-9,15H2,1-2H3. The van der Waals surface area contributed by atoms with E-state index in [4.69, 9.17) is 19.9 Å². The molecule has 1 unspecified atom stereocenters. The van der Waals surface area contributed by atoms with Crippen LogP contribution >= 0.6 is 0 Å². The van der Waals surface area contributed by atoms with Gasteiger partial charge in [0.1, 0.15) is 11.5 Å². The maximum atomic E-state index is 6.55. The molecule has 0 amide bonds. The highest BCUT2D eigenvalue weighted by Crippen LogP contribution is 2.37. The molecule has 1 aromatic rings. The van der Waals surface area contributed by atoms with Gasteiger partial charge in [-0.3, -0.25) is 0 Å². The molecule has 2 N–H and O–H groups in total. The molecule has 0 aliphatic carbocycles. The van der Waals surface area contributed by atoms with Crippen molar-refractivity contribution >= 4 is 0 Å². The van der Waals surface area contributed by atoms with Gasteiger partial charge in [-0.25, -0.2) is 0 Å². The molecule has 1 aromatic carbocycles. The van der Waals surface area contributed by atoms with E-state index in [1.807, 2.05) is 18.2 Å². The highest BCUT2D eigenvalue weighted by atomic mass is 16.5. The molecular formula is C14H21NO3. The van der Waals surface area contributed by atoms with Crippen LogP contribution in [0.5, 0.6) is 11.5 Å². The first-order chi connectivity index (χ1) is 8.69. The average molecular weight is 251 g/mol. The fraction of sp³-hybridized carbons (Fsp3) is 0.571. The van der Waals surface area contributed by atoms with Crippen LogP contribution in [0.3, 0.4) is 0 Å². The van der Waals surface area contributed by atoms with E-state index in [2.05, 4.69) is 0 Å². The lowest BCUT2D eigenvalue weighted by Gasteiger charge is -2.29. The third-order valence-electron chi connectivity index (χ3n) is 3.55. The van der Waals surface area contributed by atoms with Gasteiger partial charge in [-0.1, -0.05) is 0 Å². The minimum atomic E-state index is -0.367. The molecule has 0 radical (unpaired) electrons. The smallest absolute Gasteiger partial charge is 0.127 e. The molecule has 1 fully saturated rings. The van der Waals surface area contributed by atoms with Gasteiger partial charge in [0.2, 0.25) is 0 Å². The molecule has 0 saturated carbocycles. The zero-order chi connectivity index (χ0) is 13.0. The van der Waals surface area contributed by atoms with Crippen LogP contribution in [0.1, 0.15) is 24.8 Å². The van der Waals surface area contributed by atoms with Gasteiger partial charge in [-0.2, -0.15) is 0 Å². The molecule has 1 aliphatic rings. The van der Waals surface area contributed by atoms with Crippen LogP contribution in [0.4, 0.5) is 0 Å². The summed E-state index contributed by atoms with van der Waals surface area (Å²) in [5, 5.41) is 0. The number of hydrogen-bond acceptors (Lipinski definition) is 4. The molecule has 0 spiro atoms. The summed E-state index contributed by atoms with van der Waals surface area (Å²) in [6.07, 6.45) is 2.71. The molecule has 4 heteroatoms.